The van der Waals surface area contributed by atoms with Crippen molar-refractivity contribution in [2.45, 2.75) is 19.3 Å². The number of benzene rings is 2. The molecule has 0 radical (unpaired) electrons. The molecule has 0 saturated carbocycles. The molecule has 6 heteroatoms. The predicted octanol–water partition coefficient (Wildman–Crippen LogP) is 5.21. The molecule has 4 rings (SSSR count). The van der Waals surface area contributed by atoms with Gasteiger partial charge in [-0.1, -0.05) is 23.7 Å². The third-order valence-corrected chi connectivity index (χ3v) is 5.76. The van der Waals surface area contributed by atoms with Gasteiger partial charge in [0.1, 0.15) is 12.4 Å². The van der Waals surface area contributed by atoms with Crippen molar-refractivity contribution in [1.29, 1.82) is 0 Å². The van der Waals surface area contributed by atoms with Gasteiger partial charge in [0.25, 0.3) is 0 Å². The SMILES string of the molecule is S=c1[nH]c2ccc(OCCN3CCC(Cc4ccc(Cl)cc4)CC3)cc2[nH]1. The molecule has 1 fully saturated rings. The van der Waals surface area contributed by atoms with Crippen LogP contribution in [-0.2, 0) is 6.42 Å². The highest BCUT2D eigenvalue weighted by molar-refractivity contribution is 7.71. The normalized spacial score (nSPS) is 16.0. The van der Waals surface area contributed by atoms with Crippen LogP contribution in [0.1, 0.15) is 18.4 Å². The van der Waals surface area contributed by atoms with E-state index in [1.165, 1.54) is 18.4 Å². The van der Waals surface area contributed by atoms with Gasteiger partial charge in [-0.3, -0.25) is 4.90 Å². The number of nitrogens with zero attached hydrogens (tertiary/aromatic N) is 1. The van der Waals surface area contributed by atoms with E-state index >= 15 is 0 Å². The Morgan fingerprint density at radius 2 is 1.78 bits per heavy atom. The molecule has 2 aromatic carbocycles. The molecule has 0 amide bonds. The average Bonchev–Trinajstić information content (AvgIpc) is 3.04. The Kier molecular flexibility index (Phi) is 5.81. The number of halogens is 1. The van der Waals surface area contributed by atoms with Gasteiger partial charge in [-0.15, -0.1) is 0 Å². The van der Waals surface area contributed by atoms with Gasteiger partial charge in [0, 0.05) is 17.6 Å². The van der Waals surface area contributed by atoms with Crippen molar-refractivity contribution in [3.05, 3.63) is 57.8 Å². The number of imidazole rings is 1. The van der Waals surface area contributed by atoms with E-state index in [-0.39, 0.29) is 0 Å². The summed E-state index contributed by atoms with van der Waals surface area (Å²) in [7, 11) is 0. The van der Waals surface area contributed by atoms with Crippen molar-refractivity contribution in [2.24, 2.45) is 5.92 Å². The first kappa shape index (κ1) is 18.5. The van der Waals surface area contributed by atoms with E-state index in [0.717, 1.165) is 53.8 Å². The number of nitrogens with one attached hydrogen (secondary N) is 2. The monoisotopic (exact) mass is 401 g/mol. The molecule has 2 N–H and O–H groups in total. The second-order valence-corrected chi connectivity index (χ2v) is 8.10. The molecule has 4 nitrogen and oxygen atoms in total. The largest absolute Gasteiger partial charge is 0.492 e. The maximum Gasteiger partial charge on any atom is 0.175 e. The van der Waals surface area contributed by atoms with E-state index in [2.05, 4.69) is 27.0 Å². The number of aromatic nitrogens is 2. The fourth-order valence-corrected chi connectivity index (χ4v) is 4.11. The standard InChI is InChI=1S/C21H24ClN3OS/c22-17-3-1-15(2-4-17)13-16-7-9-25(10-8-16)11-12-26-18-5-6-19-20(14-18)24-21(27)23-19/h1-6,14,16H,7-13H2,(H2,23,24,27). The molecule has 0 aliphatic carbocycles. The number of piperidine rings is 1. The Labute approximate surface area is 169 Å². The zero-order valence-corrected chi connectivity index (χ0v) is 16.8. The predicted molar refractivity (Wildman–Crippen MR) is 113 cm³/mol. The number of hydrogen-bond acceptors (Lipinski definition) is 3. The minimum atomic E-state index is 0.642. The Balaban J connectivity index is 1.21. The topological polar surface area (TPSA) is 44.0 Å². The lowest BCUT2D eigenvalue weighted by Gasteiger charge is -2.31. The second kappa shape index (κ2) is 8.46. The fraction of sp³-hybridized carbons (Fsp3) is 0.381. The smallest absolute Gasteiger partial charge is 0.175 e. The van der Waals surface area contributed by atoms with E-state index in [9.17, 15) is 0 Å². The maximum absolute atomic E-state index is 5.97. The Morgan fingerprint density at radius 1 is 1.04 bits per heavy atom. The van der Waals surface area contributed by atoms with Gasteiger partial charge in [-0.25, -0.2) is 0 Å². The fourth-order valence-electron chi connectivity index (χ4n) is 3.76. The first-order valence-electron chi connectivity index (χ1n) is 9.47. The van der Waals surface area contributed by atoms with Crippen LogP contribution >= 0.6 is 23.8 Å². The van der Waals surface area contributed by atoms with Crippen LogP contribution in [0.4, 0.5) is 0 Å². The minimum Gasteiger partial charge on any atom is -0.492 e. The van der Waals surface area contributed by atoms with Gasteiger partial charge in [-0.2, -0.15) is 0 Å². The van der Waals surface area contributed by atoms with Crippen molar-refractivity contribution in [3.63, 3.8) is 0 Å². The number of H-pyrrole nitrogens is 2. The van der Waals surface area contributed by atoms with Crippen LogP contribution in [-0.4, -0.2) is 41.1 Å². The molecule has 142 valence electrons. The lowest BCUT2D eigenvalue weighted by molar-refractivity contribution is 0.155. The number of ether oxygens (including phenoxy) is 1. The molecule has 1 aromatic heterocycles. The molecule has 0 spiro atoms. The summed E-state index contributed by atoms with van der Waals surface area (Å²) < 4.78 is 6.58. The van der Waals surface area contributed by atoms with Crippen molar-refractivity contribution < 1.29 is 4.74 Å². The molecule has 1 aliphatic heterocycles. The van der Waals surface area contributed by atoms with Crippen molar-refractivity contribution in [3.8, 4) is 5.75 Å². The van der Waals surface area contributed by atoms with Crippen LogP contribution in [0.5, 0.6) is 5.75 Å². The summed E-state index contributed by atoms with van der Waals surface area (Å²) in [5.41, 5.74) is 3.39. The highest BCUT2D eigenvalue weighted by atomic mass is 35.5. The van der Waals surface area contributed by atoms with Crippen LogP contribution in [0.25, 0.3) is 11.0 Å². The average molecular weight is 402 g/mol. The van der Waals surface area contributed by atoms with Gasteiger partial charge in [-0.05, 0) is 80.3 Å². The Hall–Kier alpha value is -1.82. The van der Waals surface area contributed by atoms with Crippen molar-refractivity contribution >= 4 is 34.9 Å². The van der Waals surface area contributed by atoms with E-state index in [0.29, 0.717) is 11.4 Å². The Bertz CT molecular complexity index is 942. The van der Waals surface area contributed by atoms with E-state index < -0.39 is 0 Å². The quantitative estimate of drug-likeness (QED) is 0.557. The molecule has 0 atom stereocenters. The van der Waals surface area contributed by atoms with Gasteiger partial charge < -0.3 is 14.7 Å². The zero-order valence-electron chi connectivity index (χ0n) is 15.2. The Morgan fingerprint density at radius 3 is 2.56 bits per heavy atom. The summed E-state index contributed by atoms with van der Waals surface area (Å²) in [6.45, 7) is 3.96. The molecule has 1 aliphatic rings. The first-order valence-corrected chi connectivity index (χ1v) is 10.3. The third-order valence-electron chi connectivity index (χ3n) is 5.31. The molecule has 0 unspecified atom stereocenters. The van der Waals surface area contributed by atoms with Gasteiger partial charge in [0.05, 0.1) is 11.0 Å². The summed E-state index contributed by atoms with van der Waals surface area (Å²) in [6, 6.07) is 14.3. The summed E-state index contributed by atoms with van der Waals surface area (Å²) in [5.74, 6) is 1.65. The van der Waals surface area contributed by atoms with Gasteiger partial charge >= 0.3 is 0 Å². The minimum absolute atomic E-state index is 0.642. The van der Waals surface area contributed by atoms with E-state index in [1.807, 2.05) is 30.3 Å². The summed E-state index contributed by atoms with van der Waals surface area (Å²) >= 11 is 11.1. The molecule has 1 saturated heterocycles. The molecule has 3 aromatic rings. The third kappa shape index (κ3) is 4.92. The second-order valence-electron chi connectivity index (χ2n) is 7.25. The zero-order chi connectivity index (χ0) is 18.6. The molecular weight excluding hydrogens is 378 g/mol. The van der Waals surface area contributed by atoms with Gasteiger partial charge in [0.15, 0.2) is 4.77 Å². The highest BCUT2D eigenvalue weighted by Crippen LogP contribution is 2.23. The lowest BCUT2D eigenvalue weighted by atomic mass is 9.90. The molecule has 0 bridgehead atoms. The van der Waals surface area contributed by atoms with Gasteiger partial charge in [0.2, 0.25) is 0 Å². The van der Waals surface area contributed by atoms with Crippen LogP contribution in [0.3, 0.4) is 0 Å². The first-order chi connectivity index (χ1) is 13.2. The van der Waals surface area contributed by atoms with Crippen LogP contribution < -0.4 is 4.74 Å². The summed E-state index contributed by atoms with van der Waals surface area (Å²) in [6.07, 6.45) is 3.64. The van der Waals surface area contributed by atoms with Crippen LogP contribution in [0.2, 0.25) is 5.02 Å². The molecular formula is C21H24ClN3OS. The number of likely N-dealkylation sites (tertiary alicyclic amines) is 1. The number of aromatic amines is 2. The number of rotatable bonds is 6. The maximum atomic E-state index is 5.97. The summed E-state index contributed by atoms with van der Waals surface area (Å²) in [4.78, 5) is 8.74. The van der Waals surface area contributed by atoms with Crippen molar-refractivity contribution in [1.82, 2.24) is 14.9 Å². The van der Waals surface area contributed by atoms with E-state index in [4.69, 9.17) is 28.6 Å². The number of hydrogen-bond donors (Lipinski definition) is 2. The molecule has 27 heavy (non-hydrogen) atoms. The van der Waals surface area contributed by atoms with Crippen molar-refractivity contribution in [2.75, 3.05) is 26.2 Å². The number of fused-ring (bicyclic) bond motifs is 1. The highest BCUT2D eigenvalue weighted by Gasteiger charge is 2.19. The van der Waals surface area contributed by atoms with Crippen LogP contribution in [0, 0.1) is 10.7 Å². The lowest BCUT2D eigenvalue weighted by Crippen LogP contribution is -2.37. The summed E-state index contributed by atoms with van der Waals surface area (Å²) in [5, 5.41) is 0.812. The van der Waals surface area contributed by atoms with Crippen LogP contribution in [0.15, 0.2) is 42.5 Å². The molecule has 2 heterocycles. The van der Waals surface area contributed by atoms with E-state index in [1.54, 1.807) is 0 Å².